The Balaban J connectivity index is 1.46. The maximum atomic E-state index is 11.4. The molecule has 16 heavy (non-hydrogen) atoms. The molecule has 1 atom stereocenters. The Labute approximate surface area is 97.9 Å². The number of hydrogen-bond donors (Lipinski definition) is 1. The van der Waals surface area contributed by atoms with E-state index >= 15 is 0 Å². The largest absolute Gasteiger partial charge is 0.466 e. The Morgan fingerprint density at radius 1 is 1.19 bits per heavy atom. The molecule has 0 amide bonds. The number of hydrogen-bond acceptors (Lipinski definition) is 3. The smallest absolute Gasteiger partial charge is 0.305 e. The zero-order valence-corrected chi connectivity index (χ0v) is 10.0. The first-order valence-electron chi connectivity index (χ1n) is 6.71. The second kappa shape index (κ2) is 6.24. The highest BCUT2D eigenvalue weighted by atomic mass is 16.5. The summed E-state index contributed by atoms with van der Waals surface area (Å²) in [5, 5.41) is 3.32. The van der Waals surface area contributed by atoms with Crippen LogP contribution < -0.4 is 5.32 Å². The van der Waals surface area contributed by atoms with Gasteiger partial charge >= 0.3 is 5.97 Å². The zero-order chi connectivity index (χ0) is 11.2. The van der Waals surface area contributed by atoms with Crippen molar-refractivity contribution in [3.05, 3.63) is 0 Å². The molecule has 0 aromatic rings. The Kier molecular flexibility index (Phi) is 4.64. The molecule has 1 saturated heterocycles. The van der Waals surface area contributed by atoms with Crippen molar-refractivity contribution in [2.45, 2.75) is 44.9 Å². The molecule has 1 N–H and O–H groups in total. The van der Waals surface area contributed by atoms with E-state index in [2.05, 4.69) is 5.32 Å². The Hall–Kier alpha value is -0.570. The van der Waals surface area contributed by atoms with Crippen molar-refractivity contribution >= 4 is 5.97 Å². The molecule has 0 aromatic heterocycles. The van der Waals surface area contributed by atoms with E-state index < -0.39 is 0 Å². The van der Waals surface area contributed by atoms with Gasteiger partial charge in [0.15, 0.2) is 0 Å². The van der Waals surface area contributed by atoms with Crippen LogP contribution in [0.4, 0.5) is 0 Å². The molecule has 1 saturated carbocycles. The van der Waals surface area contributed by atoms with Crippen molar-refractivity contribution < 1.29 is 9.53 Å². The highest BCUT2D eigenvalue weighted by molar-refractivity contribution is 5.69. The second-order valence-electron chi connectivity index (χ2n) is 5.20. The van der Waals surface area contributed by atoms with Crippen molar-refractivity contribution in [3.63, 3.8) is 0 Å². The Morgan fingerprint density at radius 3 is 2.69 bits per heavy atom. The van der Waals surface area contributed by atoms with Gasteiger partial charge in [-0.1, -0.05) is 19.3 Å². The van der Waals surface area contributed by atoms with Crippen LogP contribution in [0.5, 0.6) is 0 Å². The minimum absolute atomic E-state index is 0.00576. The third-order valence-corrected chi connectivity index (χ3v) is 3.93. The second-order valence-corrected chi connectivity index (χ2v) is 5.20. The molecule has 0 spiro atoms. The first kappa shape index (κ1) is 11.9. The number of nitrogens with one attached hydrogen (secondary N) is 1. The van der Waals surface area contributed by atoms with E-state index in [9.17, 15) is 4.79 Å². The van der Waals surface area contributed by atoms with Crippen LogP contribution >= 0.6 is 0 Å². The third-order valence-electron chi connectivity index (χ3n) is 3.93. The quantitative estimate of drug-likeness (QED) is 0.704. The number of ether oxygens (including phenoxy) is 1. The summed E-state index contributed by atoms with van der Waals surface area (Å²) in [7, 11) is 0. The summed E-state index contributed by atoms with van der Waals surface area (Å²) in [6.45, 7) is 2.84. The molecule has 2 rings (SSSR count). The van der Waals surface area contributed by atoms with E-state index in [-0.39, 0.29) is 5.97 Å². The molecule has 1 aliphatic carbocycles. The third kappa shape index (κ3) is 3.78. The van der Waals surface area contributed by atoms with Gasteiger partial charge in [-0.2, -0.15) is 0 Å². The summed E-state index contributed by atoms with van der Waals surface area (Å²) in [6.07, 6.45) is 7.95. The molecule has 3 heteroatoms. The standard InChI is InChI=1S/C13H23NO2/c15-13(5-4-12-6-8-14-10-12)16-9-7-11-2-1-3-11/h11-12,14H,1-10H2. The van der Waals surface area contributed by atoms with E-state index in [1.165, 1.54) is 25.7 Å². The van der Waals surface area contributed by atoms with E-state index in [0.29, 0.717) is 18.9 Å². The number of carbonyl (C=O) groups is 1. The van der Waals surface area contributed by atoms with Crippen molar-refractivity contribution in [3.8, 4) is 0 Å². The van der Waals surface area contributed by atoms with E-state index in [1.807, 2.05) is 0 Å². The summed E-state index contributed by atoms with van der Waals surface area (Å²) >= 11 is 0. The van der Waals surface area contributed by atoms with Crippen molar-refractivity contribution in [2.24, 2.45) is 11.8 Å². The van der Waals surface area contributed by atoms with Crippen molar-refractivity contribution in [2.75, 3.05) is 19.7 Å². The topological polar surface area (TPSA) is 38.3 Å². The summed E-state index contributed by atoms with van der Waals surface area (Å²) in [4.78, 5) is 11.4. The van der Waals surface area contributed by atoms with Crippen LogP contribution in [0.2, 0.25) is 0 Å². The average molecular weight is 225 g/mol. The first-order chi connectivity index (χ1) is 7.84. The lowest BCUT2D eigenvalue weighted by Crippen LogP contribution is -2.16. The van der Waals surface area contributed by atoms with E-state index in [4.69, 9.17) is 4.74 Å². The molecule has 92 valence electrons. The molecular weight excluding hydrogens is 202 g/mol. The Morgan fingerprint density at radius 2 is 2.06 bits per heavy atom. The summed E-state index contributed by atoms with van der Waals surface area (Å²) < 4.78 is 5.25. The minimum Gasteiger partial charge on any atom is -0.466 e. The van der Waals surface area contributed by atoms with Crippen LogP contribution in [0.3, 0.4) is 0 Å². The normalized spacial score (nSPS) is 25.4. The van der Waals surface area contributed by atoms with Crippen LogP contribution in [0, 0.1) is 11.8 Å². The molecule has 0 bridgehead atoms. The monoisotopic (exact) mass is 225 g/mol. The van der Waals surface area contributed by atoms with Crippen LogP contribution in [-0.2, 0) is 9.53 Å². The van der Waals surface area contributed by atoms with Crippen LogP contribution in [-0.4, -0.2) is 25.7 Å². The van der Waals surface area contributed by atoms with Gasteiger partial charge < -0.3 is 10.1 Å². The van der Waals surface area contributed by atoms with Crippen LogP contribution in [0.1, 0.15) is 44.9 Å². The highest BCUT2D eigenvalue weighted by Crippen LogP contribution is 2.29. The fourth-order valence-electron chi connectivity index (χ4n) is 2.48. The van der Waals surface area contributed by atoms with E-state index in [0.717, 1.165) is 31.8 Å². The Bertz CT molecular complexity index is 220. The van der Waals surface area contributed by atoms with Crippen molar-refractivity contribution in [1.82, 2.24) is 5.32 Å². The van der Waals surface area contributed by atoms with Gasteiger partial charge in [-0.05, 0) is 44.2 Å². The first-order valence-corrected chi connectivity index (χ1v) is 6.71. The summed E-state index contributed by atoms with van der Waals surface area (Å²) in [5.41, 5.74) is 0. The maximum Gasteiger partial charge on any atom is 0.305 e. The van der Waals surface area contributed by atoms with Gasteiger partial charge in [0.05, 0.1) is 6.61 Å². The molecule has 1 unspecified atom stereocenters. The van der Waals surface area contributed by atoms with Gasteiger partial charge in [-0.3, -0.25) is 4.79 Å². The predicted molar refractivity (Wildman–Crippen MR) is 63.1 cm³/mol. The van der Waals surface area contributed by atoms with Crippen LogP contribution in [0.15, 0.2) is 0 Å². The SMILES string of the molecule is O=C(CCC1CCNC1)OCCC1CCC1. The molecule has 0 radical (unpaired) electrons. The molecule has 2 aliphatic rings. The molecule has 1 heterocycles. The lowest BCUT2D eigenvalue weighted by molar-refractivity contribution is -0.144. The predicted octanol–water partition coefficient (Wildman–Crippen LogP) is 2.11. The van der Waals surface area contributed by atoms with Gasteiger partial charge in [-0.15, -0.1) is 0 Å². The van der Waals surface area contributed by atoms with Crippen LogP contribution in [0.25, 0.3) is 0 Å². The van der Waals surface area contributed by atoms with E-state index in [1.54, 1.807) is 0 Å². The van der Waals surface area contributed by atoms with Gasteiger partial charge in [-0.25, -0.2) is 0 Å². The average Bonchev–Trinajstić information content (AvgIpc) is 2.71. The maximum absolute atomic E-state index is 11.4. The van der Waals surface area contributed by atoms with Gasteiger partial charge in [0, 0.05) is 6.42 Å². The number of esters is 1. The molecule has 3 nitrogen and oxygen atoms in total. The highest BCUT2D eigenvalue weighted by Gasteiger charge is 2.18. The van der Waals surface area contributed by atoms with Gasteiger partial charge in [0.2, 0.25) is 0 Å². The fourth-order valence-corrected chi connectivity index (χ4v) is 2.48. The van der Waals surface area contributed by atoms with Crippen molar-refractivity contribution in [1.29, 1.82) is 0 Å². The van der Waals surface area contributed by atoms with Gasteiger partial charge in [0.1, 0.15) is 0 Å². The molecule has 0 aromatic carbocycles. The molecule has 1 aliphatic heterocycles. The number of rotatable bonds is 6. The van der Waals surface area contributed by atoms with Gasteiger partial charge in [0.25, 0.3) is 0 Å². The lowest BCUT2D eigenvalue weighted by Gasteiger charge is -2.24. The zero-order valence-electron chi connectivity index (χ0n) is 10.0. The fraction of sp³-hybridized carbons (Fsp3) is 0.923. The summed E-state index contributed by atoms with van der Waals surface area (Å²) in [5.74, 6) is 1.54. The summed E-state index contributed by atoms with van der Waals surface area (Å²) in [6, 6.07) is 0. The minimum atomic E-state index is 0.00576. The lowest BCUT2D eigenvalue weighted by atomic mass is 9.83. The molecular formula is C13H23NO2. The molecule has 2 fully saturated rings. The number of carbonyl (C=O) groups excluding carboxylic acids is 1.